The molecule has 33 heavy (non-hydrogen) atoms. The normalized spacial score (nSPS) is 13.6. The molecule has 1 aliphatic heterocycles. The van der Waals surface area contributed by atoms with Crippen LogP contribution in [-0.2, 0) is 16.1 Å². The summed E-state index contributed by atoms with van der Waals surface area (Å²) in [7, 11) is 0. The van der Waals surface area contributed by atoms with Crippen LogP contribution in [0.3, 0.4) is 0 Å². The van der Waals surface area contributed by atoms with E-state index in [4.69, 9.17) is 4.74 Å². The molecule has 0 atom stereocenters. The van der Waals surface area contributed by atoms with Gasteiger partial charge in [0.15, 0.2) is 0 Å². The molecule has 0 fully saturated rings. The Hall–Kier alpha value is -3.86. The molecule has 0 unspecified atom stereocenters. The van der Waals surface area contributed by atoms with Crippen LogP contribution in [0.15, 0.2) is 84.6 Å². The van der Waals surface area contributed by atoms with Gasteiger partial charge in [0.1, 0.15) is 11.4 Å². The Morgan fingerprint density at radius 2 is 1.58 bits per heavy atom. The smallest absolute Gasteiger partial charge is 0.282 e. The molecular weight excluding hydrogens is 412 g/mol. The summed E-state index contributed by atoms with van der Waals surface area (Å²) in [5.41, 5.74) is 4.27. The van der Waals surface area contributed by atoms with Gasteiger partial charge >= 0.3 is 0 Å². The van der Waals surface area contributed by atoms with Crippen molar-refractivity contribution in [2.24, 2.45) is 0 Å². The Kier molecular flexibility index (Phi) is 6.59. The molecule has 0 saturated heterocycles. The van der Waals surface area contributed by atoms with Crippen LogP contribution in [0.5, 0.6) is 5.75 Å². The largest absolute Gasteiger partial charge is 0.494 e. The van der Waals surface area contributed by atoms with Crippen molar-refractivity contribution in [3.63, 3.8) is 0 Å². The van der Waals surface area contributed by atoms with Gasteiger partial charge in [-0.05, 0) is 44.0 Å². The number of likely N-dealkylation sites (N-methyl/N-ethyl adjacent to an activating group) is 1. The van der Waals surface area contributed by atoms with Gasteiger partial charge in [0.25, 0.3) is 11.8 Å². The van der Waals surface area contributed by atoms with E-state index in [2.05, 4.69) is 0 Å². The molecule has 168 valence electrons. The molecule has 1 heterocycles. The number of ether oxygens (including phenoxy) is 1. The average Bonchev–Trinajstić information content (AvgIpc) is 3.09. The number of benzene rings is 3. The van der Waals surface area contributed by atoms with Gasteiger partial charge < -0.3 is 9.64 Å². The predicted molar refractivity (Wildman–Crippen MR) is 131 cm³/mol. The zero-order valence-electron chi connectivity index (χ0n) is 19.2. The van der Waals surface area contributed by atoms with Crippen LogP contribution in [0.2, 0.25) is 0 Å². The first-order valence-corrected chi connectivity index (χ1v) is 11.2. The van der Waals surface area contributed by atoms with E-state index in [-0.39, 0.29) is 11.8 Å². The number of hydrogen-bond acceptors (Lipinski definition) is 4. The highest BCUT2D eigenvalue weighted by Gasteiger charge is 2.42. The van der Waals surface area contributed by atoms with E-state index in [1.807, 2.05) is 86.3 Å². The van der Waals surface area contributed by atoms with Gasteiger partial charge in [0, 0.05) is 19.2 Å². The van der Waals surface area contributed by atoms with Crippen molar-refractivity contribution in [1.82, 2.24) is 4.90 Å². The fourth-order valence-electron chi connectivity index (χ4n) is 4.06. The average molecular weight is 441 g/mol. The van der Waals surface area contributed by atoms with Crippen molar-refractivity contribution in [3.05, 3.63) is 101 Å². The zero-order valence-corrected chi connectivity index (χ0v) is 19.2. The second kappa shape index (κ2) is 9.74. The van der Waals surface area contributed by atoms with E-state index in [1.165, 1.54) is 4.90 Å². The Labute approximate surface area is 194 Å². The Bertz CT molecular complexity index is 1180. The number of amides is 2. The molecule has 0 aliphatic carbocycles. The van der Waals surface area contributed by atoms with Crippen molar-refractivity contribution >= 4 is 23.1 Å². The molecule has 1 aliphatic rings. The molecule has 0 bridgehead atoms. The molecule has 5 heteroatoms. The number of rotatable bonds is 8. The van der Waals surface area contributed by atoms with E-state index in [0.29, 0.717) is 42.4 Å². The molecule has 0 aromatic heterocycles. The summed E-state index contributed by atoms with van der Waals surface area (Å²) in [4.78, 5) is 30.8. The van der Waals surface area contributed by atoms with Crippen LogP contribution in [0.1, 0.15) is 30.5 Å². The van der Waals surface area contributed by atoms with E-state index in [1.54, 1.807) is 18.2 Å². The summed E-state index contributed by atoms with van der Waals surface area (Å²) in [6.07, 6.45) is 0. The minimum atomic E-state index is -0.320. The Balaban J connectivity index is 1.81. The molecule has 0 radical (unpaired) electrons. The number of carbonyl (C=O) groups excluding carboxylic acids is 2. The molecule has 0 N–H and O–H groups in total. The minimum Gasteiger partial charge on any atom is -0.494 e. The Morgan fingerprint density at radius 3 is 2.24 bits per heavy atom. The van der Waals surface area contributed by atoms with Crippen molar-refractivity contribution < 1.29 is 14.3 Å². The summed E-state index contributed by atoms with van der Waals surface area (Å²) < 4.78 is 5.60. The monoisotopic (exact) mass is 440 g/mol. The first-order chi connectivity index (χ1) is 16.0. The van der Waals surface area contributed by atoms with E-state index < -0.39 is 0 Å². The van der Waals surface area contributed by atoms with Crippen LogP contribution in [0.25, 0.3) is 5.57 Å². The maximum absolute atomic E-state index is 13.8. The summed E-state index contributed by atoms with van der Waals surface area (Å²) >= 11 is 0. The molecule has 5 nitrogen and oxygen atoms in total. The summed E-state index contributed by atoms with van der Waals surface area (Å²) in [5.74, 6) is -0.0152. The fraction of sp³-hybridized carbons (Fsp3) is 0.214. The topological polar surface area (TPSA) is 49.9 Å². The highest BCUT2D eigenvalue weighted by atomic mass is 16.5. The van der Waals surface area contributed by atoms with E-state index in [0.717, 1.165) is 16.7 Å². The lowest BCUT2D eigenvalue weighted by Crippen LogP contribution is -2.35. The van der Waals surface area contributed by atoms with Gasteiger partial charge in [0.2, 0.25) is 0 Å². The van der Waals surface area contributed by atoms with Gasteiger partial charge in [-0.3, -0.25) is 9.59 Å². The standard InChI is InChI=1S/C28H28N2O3/c1-4-29(19-21-10-7-6-8-11-21)26-25(22-16-14-20(3)15-17-22)27(31)30(28(26)32)23-12-9-13-24(18-23)33-5-2/h6-18H,4-5,19H2,1-3H3. The highest BCUT2D eigenvalue weighted by Crippen LogP contribution is 2.36. The quantitative estimate of drug-likeness (QED) is 0.452. The molecule has 3 aromatic carbocycles. The molecular formula is C28H28N2O3. The lowest BCUT2D eigenvalue weighted by Gasteiger charge is -2.25. The van der Waals surface area contributed by atoms with Crippen LogP contribution < -0.4 is 9.64 Å². The third-order valence-electron chi connectivity index (χ3n) is 5.70. The van der Waals surface area contributed by atoms with Crippen molar-refractivity contribution in [3.8, 4) is 5.75 Å². The maximum Gasteiger partial charge on any atom is 0.282 e. The van der Waals surface area contributed by atoms with Crippen molar-refractivity contribution in [2.45, 2.75) is 27.3 Å². The van der Waals surface area contributed by atoms with E-state index in [9.17, 15) is 9.59 Å². The molecule has 0 spiro atoms. The van der Waals surface area contributed by atoms with Gasteiger partial charge in [-0.1, -0.05) is 66.2 Å². The van der Waals surface area contributed by atoms with Gasteiger partial charge in [-0.15, -0.1) is 0 Å². The van der Waals surface area contributed by atoms with Crippen LogP contribution in [0.4, 0.5) is 5.69 Å². The van der Waals surface area contributed by atoms with Gasteiger partial charge in [-0.25, -0.2) is 4.90 Å². The Morgan fingerprint density at radius 1 is 0.848 bits per heavy atom. The SMILES string of the molecule is CCOc1cccc(N2C(=O)C(c3ccc(C)cc3)=C(N(CC)Cc3ccccc3)C2=O)c1. The first-order valence-electron chi connectivity index (χ1n) is 11.2. The first kappa shape index (κ1) is 22.3. The number of nitrogens with zero attached hydrogens (tertiary/aromatic N) is 2. The molecule has 0 saturated carbocycles. The molecule has 4 rings (SSSR count). The summed E-state index contributed by atoms with van der Waals surface area (Å²) in [5, 5.41) is 0. The maximum atomic E-state index is 13.8. The number of carbonyl (C=O) groups is 2. The number of hydrogen-bond donors (Lipinski definition) is 0. The van der Waals surface area contributed by atoms with Crippen LogP contribution in [-0.4, -0.2) is 29.9 Å². The predicted octanol–water partition coefficient (Wildman–Crippen LogP) is 5.20. The van der Waals surface area contributed by atoms with Gasteiger partial charge in [-0.2, -0.15) is 0 Å². The highest BCUT2D eigenvalue weighted by molar-refractivity contribution is 6.45. The van der Waals surface area contributed by atoms with Crippen LogP contribution >= 0.6 is 0 Å². The number of aryl methyl sites for hydroxylation is 1. The summed E-state index contributed by atoms with van der Waals surface area (Å²) in [6.45, 7) is 7.53. The van der Waals surface area contributed by atoms with E-state index >= 15 is 0 Å². The van der Waals surface area contributed by atoms with Crippen LogP contribution in [0, 0.1) is 6.92 Å². The number of imide groups is 1. The third kappa shape index (κ3) is 4.53. The van der Waals surface area contributed by atoms with Crippen molar-refractivity contribution in [1.29, 1.82) is 0 Å². The third-order valence-corrected chi connectivity index (χ3v) is 5.70. The second-order valence-corrected chi connectivity index (χ2v) is 7.97. The lowest BCUT2D eigenvalue weighted by molar-refractivity contribution is -0.120. The number of anilines is 1. The van der Waals surface area contributed by atoms with Crippen molar-refractivity contribution in [2.75, 3.05) is 18.1 Å². The molecule has 2 amide bonds. The zero-order chi connectivity index (χ0) is 23.4. The fourth-order valence-corrected chi connectivity index (χ4v) is 4.06. The summed E-state index contributed by atoms with van der Waals surface area (Å²) in [6, 6.07) is 24.8. The lowest BCUT2D eigenvalue weighted by atomic mass is 10.0. The second-order valence-electron chi connectivity index (χ2n) is 7.97. The van der Waals surface area contributed by atoms with Gasteiger partial charge in [0.05, 0.1) is 17.9 Å². The minimum absolute atomic E-state index is 0.318. The molecule has 3 aromatic rings.